The van der Waals surface area contributed by atoms with Gasteiger partial charge in [0.1, 0.15) is 6.10 Å². The van der Waals surface area contributed by atoms with Gasteiger partial charge in [-0.15, -0.1) is 0 Å². The number of ether oxygens (including phenoxy) is 5. The van der Waals surface area contributed by atoms with E-state index in [1.165, 1.54) is 6.92 Å². The molecule has 0 aromatic heterocycles. The summed E-state index contributed by atoms with van der Waals surface area (Å²) < 4.78 is 26.1. The summed E-state index contributed by atoms with van der Waals surface area (Å²) in [5.74, 6) is -2.66. The van der Waals surface area contributed by atoms with Crippen LogP contribution in [-0.4, -0.2) is 54.6 Å². The molecule has 0 bridgehead atoms. The van der Waals surface area contributed by atoms with Gasteiger partial charge in [-0.05, 0) is 6.42 Å². The molecule has 0 N–H and O–H groups in total. The van der Waals surface area contributed by atoms with Crippen molar-refractivity contribution in [3.05, 3.63) is 0 Å². The molecule has 5 atom stereocenters. The van der Waals surface area contributed by atoms with Gasteiger partial charge >= 0.3 is 23.9 Å². The molecule has 1 rings (SSSR count). The van der Waals surface area contributed by atoms with Crippen molar-refractivity contribution in [2.75, 3.05) is 0 Å². The lowest BCUT2D eigenvalue weighted by Crippen LogP contribution is -2.61. The summed E-state index contributed by atoms with van der Waals surface area (Å²) in [5.41, 5.74) is 0. The summed E-state index contributed by atoms with van der Waals surface area (Å²) in [7, 11) is 0. The second-order valence-electron chi connectivity index (χ2n) is 5.28. The Morgan fingerprint density at radius 2 is 1.12 bits per heavy atom. The van der Waals surface area contributed by atoms with E-state index in [0.717, 1.165) is 20.8 Å². The molecule has 0 aliphatic carbocycles. The normalized spacial score (nSPS) is 29.3. The quantitative estimate of drug-likeness (QED) is 0.518. The zero-order chi connectivity index (χ0) is 18.4. The highest BCUT2D eigenvalue weighted by Gasteiger charge is 2.52. The average Bonchev–Trinajstić information content (AvgIpc) is 2.42. The summed E-state index contributed by atoms with van der Waals surface area (Å²) in [6.07, 6.45) is -5.06. The number of rotatable bonds is 5. The van der Waals surface area contributed by atoms with Crippen LogP contribution < -0.4 is 0 Å². The molecule has 0 spiro atoms. The Morgan fingerprint density at radius 3 is 1.54 bits per heavy atom. The number of carbonyl (C=O) groups excluding carboxylic acids is 4. The van der Waals surface area contributed by atoms with Crippen molar-refractivity contribution >= 4 is 23.9 Å². The van der Waals surface area contributed by atoms with E-state index >= 15 is 0 Å². The highest BCUT2D eigenvalue weighted by atomic mass is 16.7. The SMILES string of the molecule is CC[C@@H]1O[C@H](OC(C)=O)[C@@H](OC(C)=O)[C@H](OC(C)=O)[C@H]1OC(C)=O. The molecule has 1 heterocycles. The largest absolute Gasteiger partial charge is 0.456 e. The van der Waals surface area contributed by atoms with Crippen molar-refractivity contribution in [2.45, 2.75) is 71.7 Å². The Balaban J connectivity index is 3.23. The lowest BCUT2D eigenvalue weighted by molar-refractivity contribution is -0.296. The van der Waals surface area contributed by atoms with Crippen molar-refractivity contribution in [3.8, 4) is 0 Å². The predicted molar refractivity (Wildman–Crippen MR) is 77.4 cm³/mol. The highest BCUT2D eigenvalue weighted by molar-refractivity contribution is 5.69. The van der Waals surface area contributed by atoms with E-state index in [0.29, 0.717) is 6.42 Å². The number of hydrogen-bond acceptors (Lipinski definition) is 9. The minimum atomic E-state index is -1.28. The van der Waals surface area contributed by atoms with Gasteiger partial charge in [-0.3, -0.25) is 19.2 Å². The van der Waals surface area contributed by atoms with Crippen LogP contribution in [-0.2, 0) is 42.9 Å². The van der Waals surface area contributed by atoms with E-state index in [9.17, 15) is 19.2 Å². The van der Waals surface area contributed by atoms with E-state index in [4.69, 9.17) is 23.7 Å². The second kappa shape index (κ2) is 8.62. The lowest BCUT2D eigenvalue weighted by Gasteiger charge is -2.43. The Bertz CT molecular complexity index is 501. The minimum absolute atomic E-state index is 0.375. The van der Waals surface area contributed by atoms with Crippen LogP contribution in [0.15, 0.2) is 0 Å². The van der Waals surface area contributed by atoms with Crippen LogP contribution in [0, 0.1) is 0 Å². The van der Waals surface area contributed by atoms with E-state index in [-0.39, 0.29) is 0 Å². The van der Waals surface area contributed by atoms with Gasteiger partial charge in [-0.1, -0.05) is 6.92 Å². The standard InChI is InChI=1S/C15H22O9/c1-6-11-12(20-7(2)16)13(21-8(3)17)14(22-9(4)18)15(24-11)23-10(5)19/h11-15H,6H2,1-5H3/t11-,12-,13+,14-,15-/m0/s1. The van der Waals surface area contributed by atoms with E-state index in [1.807, 2.05) is 0 Å². The number of esters is 4. The summed E-state index contributed by atoms with van der Waals surface area (Å²) >= 11 is 0. The summed E-state index contributed by atoms with van der Waals surface area (Å²) in [6, 6.07) is 0. The van der Waals surface area contributed by atoms with Crippen LogP contribution in [0.1, 0.15) is 41.0 Å². The highest BCUT2D eigenvalue weighted by Crippen LogP contribution is 2.30. The van der Waals surface area contributed by atoms with Crippen LogP contribution in [0.5, 0.6) is 0 Å². The van der Waals surface area contributed by atoms with Crippen LogP contribution in [0.2, 0.25) is 0 Å². The van der Waals surface area contributed by atoms with Gasteiger partial charge in [0.05, 0.1) is 0 Å². The van der Waals surface area contributed by atoms with Crippen molar-refractivity contribution in [2.24, 2.45) is 0 Å². The van der Waals surface area contributed by atoms with E-state index in [1.54, 1.807) is 6.92 Å². The first-order valence-electron chi connectivity index (χ1n) is 7.50. The molecule has 0 radical (unpaired) electrons. The minimum Gasteiger partial charge on any atom is -0.456 e. The zero-order valence-corrected chi connectivity index (χ0v) is 14.3. The van der Waals surface area contributed by atoms with E-state index in [2.05, 4.69) is 0 Å². The lowest BCUT2D eigenvalue weighted by atomic mass is 9.96. The zero-order valence-electron chi connectivity index (χ0n) is 14.3. The molecule has 0 saturated carbocycles. The molecule has 1 aliphatic heterocycles. The van der Waals surface area contributed by atoms with Gasteiger partial charge in [0.2, 0.25) is 12.4 Å². The van der Waals surface area contributed by atoms with Gasteiger partial charge in [-0.2, -0.15) is 0 Å². The first-order valence-corrected chi connectivity index (χ1v) is 7.50. The molecule has 24 heavy (non-hydrogen) atoms. The van der Waals surface area contributed by atoms with Crippen molar-refractivity contribution in [1.82, 2.24) is 0 Å². The summed E-state index contributed by atoms with van der Waals surface area (Å²) in [5, 5.41) is 0. The fraction of sp³-hybridized carbons (Fsp3) is 0.733. The molecule has 1 saturated heterocycles. The second-order valence-corrected chi connectivity index (χ2v) is 5.28. The molecule has 9 heteroatoms. The molecule has 0 unspecified atom stereocenters. The van der Waals surface area contributed by atoms with Gasteiger partial charge in [0, 0.05) is 27.7 Å². The van der Waals surface area contributed by atoms with Crippen LogP contribution in [0.4, 0.5) is 0 Å². The Labute approximate surface area is 139 Å². The Morgan fingerprint density at radius 1 is 0.708 bits per heavy atom. The monoisotopic (exact) mass is 346 g/mol. The van der Waals surface area contributed by atoms with Gasteiger partial charge in [0.15, 0.2) is 12.2 Å². The van der Waals surface area contributed by atoms with Gasteiger partial charge in [-0.25, -0.2) is 0 Å². The molecule has 136 valence electrons. The van der Waals surface area contributed by atoms with Crippen molar-refractivity contribution < 1.29 is 42.9 Å². The van der Waals surface area contributed by atoms with Crippen LogP contribution in [0.25, 0.3) is 0 Å². The third kappa shape index (κ3) is 5.48. The topological polar surface area (TPSA) is 114 Å². The van der Waals surface area contributed by atoms with Crippen molar-refractivity contribution in [1.29, 1.82) is 0 Å². The number of carbonyl (C=O) groups is 4. The molecular weight excluding hydrogens is 324 g/mol. The van der Waals surface area contributed by atoms with Gasteiger partial charge < -0.3 is 23.7 Å². The van der Waals surface area contributed by atoms with Gasteiger partial charge in [0.25, 0.3) is 0 Å². The first kappa shape index (κ1) is 19.9. The maximum absolute atomic E-state index is 11.4. The Kier molecular flexibility index (Phi) is 7.15. The first-order chi connectivity index (χ1) is 11.1. The maximum atomic E-state index is 11.4. The molecular formula is C15H22O9. The fourth-order valence-corrected chi connectivity index (χ4v) is 2.44. The predicted octanol–water partition coefficient (Wildman–Crippen LogP) is 0.479. The molecule has 0 amide bonds. The Hall–Kier alpha value is -2.16. The average molecular weight is 346 g/mol. The molecule has 0 aromatic rings. The third-order valence-corrected chi connectivity index (χ3v) is 3.18. The molecule has 9 nitrogen and oxygen atoms in total. The fourth-order valence-electron chi connectivity index (χ4n) is 2.44. The summed E-state index contributed by atoms with van der Waals surface area (Å²) in [6.45, 7) is 6.41. The smallest absolute Gasteiger partial charge is 0.305 e. The molecule has 1 aliphatic rings. The van der Waals surface area contributed by atoms with Crippen molar-refractivity contribution in [3.63, 3.8) is 0 Å². The van der Waals surface area contributed by atoms with E-state index < -0.39 is 54.6 Å². The van der Waals surface area contributed by atoms with Crippen LogP contribution >= 0.6 is 0 Å². The summed E-state index contributed by atoms with van der Waals surface area (Å²) in [4.78, 5) is 45.5. The molecule has 1 fully saturated rings. The number of hydrogen-bond donors (Lipinski definition) is 0. The third-order valence-electron chi connectivity index (χ3n) is 3.18. The maximum Gasteiger partial charge on any atom is 0.305 e. The molecule has 0 aromatic carbocycles. The van der Waals surface area contributed by atoms with Crippen LogP contribution in [0.3, 0.4) is 0 Å².